The molecule has 0 unspecified atom stereocenters. The summed E-state index contributed by atoms with van der Waals surface area (Å²) in [6, 6.07) is -0.180. The standard InChI is InChI=1S/C25H28N10O8P2S/c1-2-44(37)39-7-13-5-16(34-11-30-18-20(26)28-10-29-21(18)34)15(13)9-41-45(38,46)40-8-14-6-17(43-44)24(42-14)35-12-31-19-22(35)32-25-27-3-4-33(25)23(19)36/h2-4,10-17,24H,1,5-9H2,(H,27,32)(H,38,46)(H2,26,28,29)/t13-,14+,15-,16-,17-,24-,44+,45-/m1/s1. The van der Waals surface area contributed by atoms with Gasteiger partial charge in [0.05, 0.1) is 38.6 Å². The molecule has 3 N–H and O–H groups in total. The molecule has 46 heavy (non-hydrogen) atoms. The molecular formula is C25H28N10O8P2S. The summed E-state index contributed by atoms with van der Waals surface area (Å²) in [7, 11) is -3.88. The summed E-state index contributed by atoms with van der Waals surface area (Å²) >= 11 is 4.22. The van der Waals surface area contributed by atoms with Crippen molar-refractivity contribution in [3.63, 3.8) is 0 Å². The fourth-order valence-corrected chi connectivity index (χ4v) is 8.74. The lowest BCUT2D eigenvalue weighted by Crippen LogP contribution is -2.43. The molecule has 0 radical (unpaired) electrons. The molecule has 2 bridgehead atoms. The Bertz CT molecular complexity index is 2150. The van der Waals surface area contributed by atoms with Gasteiger partial charge < -0.3 is 29.1 Å². The quantitative estimate of drug-likeness (QED) is 0.183. The van der Waals surface area contributed by atoms with Gasteiger partial charge >= 0.3 is 14.4 Å². The summed E-state index contributed by atoms with van der Waals surface area (Å²) in [6.07, 6.45) is 5.67. The normalized spacial score (nSPS) is 33.9. The van der Waals surface area contributed by atoms with Crippen LogP contribution in [0, 0.1) is 11.8 Å². The second-order valence-electron chi connectivity index (χ2n) is 11.3. The number of fused-ring (bicyclic) bond motifs is 6. The van der Waals surface area contributed by atoms with Gasteiger partial charge in [-0.3, -0.25) is 23.0 Å². The Morgan fingerprint density at radius 2 is 1.83 bits per heavy atom. The van der Waals surface area contributed by atoms with Crippen LogP contribution in [0.3, 0.4) is 0 Å². The topological polar surface area (TPSA) is 218 Å². The van der Waals surface area contributed by atoms with E-state index in [2.05, 4.69) is 48.7 Å². The van der Waals surface area contributed by atoms with E-state index in [0.29, 0.717) is 29.0 Å². The van der Waals surface area contributed by atoms with Gasteiger partial charge in [0.1, 0.15) is 23.6 Å². The fourth-order valence-electron chi connectivity index (χ4n) is 6.34. The number of hydrogen-bond acceptors (Lipinski definition) is 14. The van der Waals surface area contributed by atoms with Gasteiger partial charge in [-0.1, -0.05) is 18.8 Å². The number of thiol groups is 1. The molecule has 0 spiro atoms. The maximum absolute atomic E-state index is 14.0. The second-order valence-corrected chi connectivity index (χ2v) is 16.2. The summed E-state index contributed by atoms with van der Waals surface area (Å²) < 4.78 is 61.9. The van der Waals surface area contributed by atoms with E-state index >= 15 is 0 Å². The number of aromatic nitrogens is 9. The van der Waals surface area contributed by atoms with Crippen LogP contribution in [0.4, 0.5) is 5.82 Å². The molecule has 1 aliphatic carbocycles. The van der Waals surface area contributed by atoms with Gasteiger partial charge in [0.2, 0.25) is 5.78 Å². The van der Waals surface area contributed by atoms with Crippen molar-refractivity contribution in [2.75, 3.05) is 25.6 Å². The Kier molecular flexibility index (Phi) is 7.22. The number of nitrogens with zero attached hydrogens (tertiary/aromatic N) is 8. The van der Waals surface area contributed by atoms with E-state index in [1.54, 1.807) is 10.9 Å². The molecule has 0 aromatic carbocycles. The lowest BCUT2D eigenvalue weighted by atomic mass is 9.70. The van der Waals surface area contributed by atoms with Crippen LogP contribution in [0.25, 0.3) is 28.1 Å². The summed E-state index contributed by atoms with van der Waals surface area (Å²) in [5.74, 6) is 1.26. The average Bonchev–Trinajstić information content (AvgIpc) is 3.82. The van der Waals surface area contributed by atoms with Gasteiger partial charge in [-0.2, -0.15) is 0 Å². The van der Waals surface area contributed by atoms with Gasteiger partial charge in [-0.05, 0) is 12.3 Å². The van der Waals surface area contributed by atoms with Gasteiger partial charge in [-0.25, -0.2) is 33.9 Å². The van der Waals surface area contributed by atoms with Crippen LogP contribution < -0.4 is 11.3 Å². The smallest absolute Gasteiger partial charge is 0.382 e. The van der Waals surface area contributed by atoms with E-state index < -0.39 is 32.8 Å². The van der Waals surface area contributed by atoms with Crippen LogP contribution in [0.2, 0.25) is 0 Å². The Morgan fingerprint density at radius 3 is 2.67 bits per heavy atom. The first-order valence-electron chi connectivity index (χ1n) is 14.3. The number of aromatic amines is 1. The molecule has 5 aromatic rings. The van der Waals surface area contributed by atoms with Crippen molar-refractivity contribution in [3.05, 3.63) is 54.1 Å². The van der Waals surface area contributed by atoms with Crippen molar-refractivity contribution in [1.82, 2.24) is 43.4 Å². The van der Waals surface area contributed by atoms with Crippen molar-refractivity contribution in [2.24, 2.45) is 11.8 Å². The lowest BCUT2D eigenvalue weighted by Gasteiger charge is -2.45. The number of H-pyrrole nitrogens is 1. The molecule has 7 heterocycles. The zero-order valence-corrected chi connectivity index (χ0v) is 26.6. The summed E-state index contributed by atoms with van der Waals surface area (Å²) in [5, 5.41) is 0. The van der Waals surface area contributed by atoms with Gasteiger partial charge in [-0.15, -0.1) is 0 Å². The molecule has 18 nitrogen and oxygen atoms in total. The van der Waals surface area contributed by atoms with Gasteiger partial charge in [0, 0.05) is 36.6 Å². The number of ether oxygens (including phenoxy) is 1. The third-order valence-electron chi connectivity index (χ3n) is 8.72. The minimum atomic E-state index is -3.88. The first-order valence-corrected chi connectivity index (χ1v) is 18.6. The van der Waals surface area contributed by atoms with E-state index in [4.69, 9.17) is 28.6 Å². The van der Waals surface area contributed by atoms with Crippen molar-refractivity contribution in [2.45, 2.75) is 37.3 Å². The van der Waals surface area contributed by atoms with E-state index in [1.807, 2.05) is 4.57 Å². The maximum atomic E-state index is 14.0. The molecule has 2 aliphatic heterocycles. The number of rotatable bonds is 3. The first kappa shape index (κ1) is 30.0. The minimum absolute atomic E-state index is 0.00757. The number of nitrogen functional groups attached to an aromatic ring is 1. The predicted octanol–water partition coefficient (Wildman–Crippen LogP) is 3.08. The van der Waals surface area contributed by atoms with Crippen molar-refractivity contribution in [1.29, 1.82) is 0 Å². The van der Waals surface area contributed by atoms with Crippen LogP contribution in [0.15, 0.2) is 48.6 Å². The third kappa shape index (κ3) is 5.02. The highest BCUT2D eigenvalue weighted by Crippen LogP contribution is 2.59. The van der Waals surface area contributed by atoms with Crippen molar-refractivity contribution < 1.29 is 32.0 Å². The fraction of sp³-hybridized carbons (Fsp3) is 0.440. The molecule has 5 aromatic heterocycles. The van der Waals surface area contributed by atoms with Gasteiger partial charge in [0.25, 0.3) is 5.56 Å². The molecule has 2 saturated heterocycles. The largest absolute Gasteiger partial charge is 0.386 e. The Labute approximate surface area is 264 Å². The van der Waals surface area contributed by atoms with E-state index in [0.717, 1.165) is 5.82 Å². The van der Waals surface area contributed by atoms with E-state index in [9.17, 15) is 13.9 Å². The SMILES string of the molecule is C=C[P@]1(=O)OC[C@H]2C[C@@H](n3cnc4c(N)ncnc43)[C@@H]2CO[P@](=O)(S)OC[C@@H]2C[C@@H](O1)[C@H](n1cnc3c(=O)n4ccnc4[nH]c31)O2. The lowest BCUT2D eigenvalue weighted by molar-refractivity contribution is -0.0431. The summed E-state index contributed by atoms with van der Waals surface area (Å²) in [4.78, 5) is 37.2. The average molecular weight is 691 g/mol. The number of imidazole rings is 3. The van der Waals surface area contributed by atoms with Crippen LogP contribution in [0.1, 0.15) is 25.1 Å². The van der Waals surface area contributed by atoms with Gasteiger partial charge in [0.15, 0.2) is 23.2 Å². The van der Waals surface area contributed by atoms with Crippen LogP contribution in [-0.4, -0.2) is 75.5 Å². The zero-order chi connectivity index (χ0) is 31.8. The van der Waals surface area contributed by atoms with Crippen molar-refractivity contribution in [3.8, 4) is 0 Å². The molecule has 242 valence electrons. The summed E-state index contributed by atoms with van der Waals surface area (Å²) in [5.41, 5.74) is 7.07. The minimum Gasteiger partial charge on any atom is -0.382 e. The molecular weight excluding hydrogens is 662 g/mol. The van der Waals surface area contributed by atoms with E-state index in [1.165, 1.54) is 29.4 Å². The first-order chi connectivity index (χ1) is 22.1. The molecule has 21 heteroatoms. The summed E-state index contributed by atoms with van der Waals surface area (Å²) in [6.45, 7) is -0.278. The monoisotopic (exact) mass is 690 g/mol. The van der Waals surface area contributed by atoms with E-state index in [-0.39, 0.29) is 61.0 Å². The Morgan fingerprint density at radius 1 is 1.02 bits per heavy atom. The molecule has 3 fully saturated rings. The number of anilines is 1. The molecule has 8 atom stereocenters. The maximum Gasteiger partial charge on any atom is 0.386 e. The molecule has 1 saturated carbocycles. The van der Waals surface area contributed by atoms with Crippen LogP contribution in [0.5, 0.6) is 0 Å². The third-order valence-corrected chi connectivity index (χ3v) is 11.9. The predicted molar refractivity (Wildman–Crippen MR) is 165 cm³/mol. The van der Waals surface area contributed by atoms with Crippen molar-refractivity contribution >= 4 is 60.6 Å². The van der Waals surface area contributed by atoms with Crippen LogP contribution in [-0.2, 0) is 32.0 Å². The highest BCUT2D eigenvalue weighted by atomic mass is 32.7. The molecule has 3 aliphatic rings. The highest BCUT2D eigenvalue weighted by molar-refractivity contribution is 8.44. The highest BCUT2D eigenvalue weighted by Gasteiger charge is 2.47. The number of hydrogen-bond donors (Lipinski definition) is 3. The second kappa shape index (κ2) is 11.1. The zero-order valence-electron chi connectivity index (χ0n) is 23.9. The Balaban J connectivity index is 1.10. The molecule has 8 rings (SSSR count). The Hall–Kier alpha value is -3.41. The molecule has 0 amide bonds. The number of nitrogens with two attached hydrogens (primary N) is 1. The number of nitrogens with one attached hydrogen (secondary N) is 1. The van der Waals surface area contributed by atoms with Crippen LogP contribution >= 0.6 is 26.6 Å².